The van der Waals surface area contributed by atoms with Gasteiger partial charge in [-0.3, -0.25) is 0 Å². The minimum Gasteiger partial charge on any atom is -0.872 e. The predicted octanol–water partition coefficient (Wildman–Crippen LogP) is 29.7. The van der Waals surface area contributed by atoms with Gasteiger partial charge in [0.1, 0.15) is 0 Å². The Bertz CT molecular complexity index is 5090. The van der Waals surface area contributed by atoms with Gasteiger partial charge < -0.3 is 54.7 Å². The van der Waals surface area contributed by atoms with E-state index in [0.717, 1.165) is 44.5 Å². The van der Waals surface area contributed by atoms with Crippen LogP contribution in [0.4, 0.5) is 0 Å². The second-order valence-electron chi connectivity index (χ2n) is 50.3. The van der Waals surface area contributed by atoms with E-state index in [-0.39, 0.29) is 196 Å². The molecule has 0 saturated carbocycles. The van der Waals surface area contributed by atoms with Gasteiger partial charge in [-0.2, -0.15) is 10.8 Å². The van der Waals surface area contributed by atoms with Crippen LogP contribution in [0.3, 0.4) is 0 Å². The molecule has 0 aliphatic heterocycles. The Morgan fingerprint density at radius 2 is 0.229 bits per heavy atom. The number of hydrogen-bond donors (Lipinski definition) is 0. The van der Waals surface area contributed by atoms with Crippen LogP contribution in [0.2, 0.25) is 0 Å². The molecule has 13 aromatic carbocycles. The van der Waals surface area contributed by atoms with Gasteiger partial charge in [0.05, 0.1) is 0 Å². The second kappa shape index (κ2) is 51.4. The SMILES string of the molecule is CC(C)(C)c1cc2c([O-])c(c1)Cc1cc(C(C)(C)C)cc(c1[O-])Cc1cc(C(C)(C)C)cc(c1[O-])Cc1cc(C(C)(C)C)cc(c1[O-])C2.CC(C)(C)c1cc2c([O-])c(c1)Cc1cc(C(C)(C)C)cc(c1[O-])Cc1cc(C(C)(C)C)cc(c1[O-])Cc1cc(C(C)(C)C)cc(c1[O-])C2.Cc1ccc(C)cc1.Cc1ccccc1.Cc1ccccc1.Cc1ccccc1.Cc1ccccc1.[CH2-]C(C)(C)C.[CH2-]C(C)(C)C.[Ta+5].[Ta+5]. The Morgan fingerprint density at radius 1 is 0.153 bits per heavy atom. The van der Waals surface area contributed by atoms with Crippen molar-refractivity contribution >= 4 is 0 Å². The van der Waals surface area contributed by atoms with Gasteiger partial charge in [0, 0.05) is 0 Å². The van der Waals surface area contributed by atoms with Crippen molar-refractivity contribution in [2.45, 2.75) is 344 Å². The van der Waals surface area contributed by atoms with Crippen LogP contribution < -0.4 is 40.9 Å². The molecule has 144 heavy (non-hydrogen) atoms. The van der Waals surface area contributed by atoms with E-state index >= 15 is 0 Å². The summed E-state index contributed by atoms with van der Waals surface area (Å²) in [5, 5.41) is 114. The van der Waals surface area contributed by atoms with Crippen LogP contribution in [0.15, 0.2) is 243 Å². The van der Waals surface area contributed by atoms with Crippen LogP contribution in [-0.2, 0) is 139 Å². The summed E-state index contributed by atoms with van der Waals surface area (Å²) >= 11 is 0. The zero-order chi connectivity index (χ0) is 107. The molecule has 2 aliphatic rings. The van der Waals surface area contributed by atoms with Crippen LogP contribution >= 0.6 is 0 Å². The molecule has 0 fully saturated rings. The van der Waals surface area contributed by atoms with Crippen molar-refractivity contribution < 1.29 is 85.6 Å². The summed E-state index contributed by atoms with van der Waals surface area (Å²) in [7, 11) is 0. The maximum Gasteiger partial charge on any atom is 5.00 e. The molecule has 0 atom stereocenters. The molecular weight excluding hydrogens is 2100 g/mol. The first-order valence-electron chi connectivity index (χ1n) is 50.7. The van der Waals surface area contributed by atoms with Gasteiger partial charge in [0.2, 0.25) is 0 Å². The summed E-state index contributed by atoms with van der Waals surface area (Å²) in [6, 6.07) is 80.7. The molecule has 10 heteroatoms. The van der Waals surface area contributed by atoms with Crippen molar-refractivity contribution in [1.29, 1.82) is 0 Å². The third-order valence-corrected chi connectivity index (χ3v) is 24.9. The molecule has 0 unspecified atom stereocenters. The van der Waals surface area contributed by atoms with Gasteiger partial charge in [0.25, 0.3) is 0 Å². The number of rotatable bonds is 0. The van der Waals surface area contributed by atoms with E-state index in [1.165, 1.54) is 33.4 Å². The zero-order valence-electron chi connectivity index (χ0n) is 94.3. The summed E-state index contributed by atoms with van der Waals surface area (Å²) < 4.78 is 0. The van der Waals surface area contributed by atoms with Crippen LogP contribution in [0, 0.1) is 66.2 Å². The van der Waals surface area contributed by atoms with E-state index in [0.29, 0.717) is 89.0 Å². The summed E-state index contributed by atoms with van der Waals surface area (Å²) in [5.41, 5.74) is 23.2. The van der Waals surface area contributed by atoms with Crippen molar-refractivity contribution in [1.82, 2.24) is 0 Å². The summed E-state index contributed by atoms with van der Waals surface area (Å²) in [5.74, 6) is -0.991. The topological polar surface area (TPSA) is 184 Å². The van der Waals surface area contributed by atoms with Gasteiger partial charge in [-0.05, 0) is 181 Å². The standard InChI is InChI=1S/2C44H56O4.C8H10.4C7H8.2C5H11.2Ta/c2*1-41(2,3)33-17-25-13-27-19-34(42(4,5)6)21-29(38(27)46)15-31-23-36(44(10,11)12)24-32(40(31)48)16-30-22-35(43(7,8)9)20-28(39(30)47)14-26(18-33)37(25)45;1-7-3-5-8(2)6-4-7;4*1-7-5-3-2-4-6-7;2*1-5(2,3)4;;/h2*17-24,45-48H,13-16H2,1-12H3;3-6H,1-2H3;4*2-6H,1H3;2*1H2,2-4H3;;/q;;;;;;;2*-1;2*+5/p-8. The largest absolute Gasteiger partial charge is 5.00 e. The maximum atomic E-state index is 14.3. The molecular formula is C134H168O8Ta2. The molecule has 8 nitrogen and oxygen atoms in total. The van der Waals surface area contributed by atoms with Gasteiger partial charge in [0.15, 0.2) is 0 Å². The smallest absolute Gasteiger partial charge is 0.872 e. The molecule has 0 heterocycles. The monoisotopic (exact) mass is 2270 g/mol. The number of benzene rings is 13. The van der Waals surface area contributed by atoms with Gasteiger partial charge in [-0.25, -0.2) is 0 Å². The van der Waals surface area contributed by atoms with E-state index in [9.17, 15) is 40.9 Å². The molecule has 0 N–H and O–H groups in total. The molecule has 0 amide bonds. The normalized spacial score (nSPS) is 12.5. The maximum absolute atomic E-state index is 14.3. The van der Waals surface area contributed by atoms with E-state index < -0.39 is 0 Å². The number of aryl methyl sites for hydroxylation is 6. The Morgan fingerprint density at radius 3 is 0.292 bits per heavy atom. The number of fused-ring (bicyclic) bond motifs is 16. The first-order chi connectivity index (χ1) is 65.2. The third kappa shape index (κ3) is 39.2. The van der Waals surface area contributed by atoms with Crippen LogP contribution in [0.25, 0.3) is 0 Å². The average Bonchev–Trinajstić information content (AvgIpc) is 0.767. The summed E-state index contributed by atoms with van der Waals surface area (Å²) in [6.07, 6.45) is 1.45. The summed E-state index contributed by atoms with van der Waals surface area (Å²) in [6.45, 7) is 83.2. The third-order valence-electron chi connectivity index (χ3n) is 24.9. The fourth-order valence-corrected chi connectivity index (χ4v) is 16.0. The quantitative estimate of drug-likeness (QED) is 0.134. The van der Waals surface area contributed by atoms with Crippen molar-refractivity contribution in [2.24, 2.45) is 10.8 Å². The Labute approximate surface area is 902 Å². The molecule has 762 valence electrons. The zero-order valence-corrected chi connectivity index (χ0v) is 101. The van der Waals surface area contributed by atoms with Crippen molar-refractivity contribution in [2.75, 3.05) is 0 Å². The minimum atomic E-state index is -0.256. The average molecular weight is 2270 g/mol. The Kier molecular flexibility index (Phi) is 44.3. The van der Waals surface area contributed by atoms with E-state index in [1.807, 2.05) is 170 Å². The Hall–Kier alpha value is -10.3. The van der Waals surface area contributed by atoms with Gasteiger partial charge in [-0.15, -0.1) is 46.0 Å². The van der Waals surface area contributed by atoms with Gasteiger partial charge >= 0.3 is 44.8 Å². The molecule has 2 aliphatic carbocycles. The molecule has 0 radical (unpaired) electrons. The predicted molar refractivity (Wildman–Crippen MR) is 589 cm³/mol. The molecule has 0 aromatic heterocycles. The van der Waals surface area contributed by atoms with Crippen molar-refractivity contribution in [3.63, 3.8) is 0 Å². The fraction of sp³-hybridized carbons (Fsp3) is 0.403. The Balaban J connectivity index is 0.000000346. The van der Waals surface area contributed by atoms with Crippen LogP contribution in [-0.4, -0.2) is 0 Å². The molecule has 16 bridgehead atoms. The molecule has 0 spiro atoms. The second-order valence-corrected chi connectivity index (χ2v) is 50.3. The van der Waals surface area contributed by atoms with Gasteiger partial charge in [-0.1, -0.05) is 573 Å². The molecule has 15 rings (SSSR count). The van der Waals surface area contributed by atoms with E-state index in [1.54, 1.807) is 0 Å². The van der Waals surface area contributed by atoms with Crippen LogP contribution in [0.1, 0.15) is 375 Å². The first kappa shape index (κ1) is 124. The first-order valence-corrected chi connectivity index (χ1v) is 50.7. The van der Waals surface area contributed by atoms with E-state index in [4.69, 9.17) is 0 Å². The fourth-order valence-electron chi connectivity index (χ4n) is 16.0. The molecule has 13 aromatic rings. The number of hydrogen-bond acceptors (Lipinski definition) is 8. The molecule has 0 saturated heterocycles. The summed E-state index contributed by atoms with van der Waals surface area (Å²) in [4.78, 5) is 0. The van der Waals surface area contributed by atoms with E-state index in [2.05, 4.69) is 336 Å². The van der Waals surface area contributed by atoms with Crippen LogP contribution in [0.5, 0.6) is 46.0 Å². The van der Waals surface area contributed by atoms with Crippen molar-refractivity contribution in [3.05, 3.63) is 423 Å². The minimum absolute atomic E-state index is 0. The van der Waals surface area contributed by atoms with Crippen molar-refractivity contribution in [3.8, 4) is 46.0 Å².